The first-order chi connectivity index (χ1) is 9.70. The second-order valence-electron chi connectivity index (χ2n) is 5.22. The van der Waals surface area contributed by atoms with Gasteiger partial charge in [-0.25, -0.2) is 0 Å². The zero-order valence-corrected chi connectivity index (χ0v) is 11.8. The van der Waals surface area contributed by atoms with Crippen LogP contribution >= 0.6 is 11.8 Å². The fraction of sp³-hybridized carbons (Fsp3) is 0.429. The van der Waals surface area contributed by atoms with Crippen LogP contribution in [0, 0.1) is 5.92 Å². The zero-order chi connectivity index (χ0) is 14.1. The second-order valence-corrected chi connectivity index (χ2v) is 6.28. The van der Waals surface area contributed by atoms with Crippen LogP contribution in [0.2, 0.25) is 0 Å². The SMILES string of the molecule is N/C(=N\O)[C@H]1CC[C@H]2CSc3ccccc3C(=O)N2C1. The first kappa shape index (κ1) is 13.3. The van der Waals surface area contributed by atoms with Gasteiger partial charge in [-0.05, 0) is 25.0 Å². The Morgan fingerprint density at radius 1 is 1.40 bits per heavy atom. The molecule has 0 aromatic heterocycles. The van der Waals surface area contributed by atoms with Gasteiger partial charge in [-0.2, -0.15) is 0 Å². The topological polar surface area (TPSA) is 78.9 Å². The molecule has 0 bridgehead atoms. The van der Waals surface area contributed by atoms with Crippen LogP contribution in [0.3, 0.4) is 0 Å². The Labute approximate surface area is 121 Å². The summed E-state index contributed by atoms with van der Waals surface area (Å²) in [7, 11) is 0. The maximum Gasteiger partial charge on any atom is 0.255 e. The minimum Gasteiger partial charge on any atom is -0.409 e. The number of fused-ring (bicyclic) bond motifs is 2. The van der Waals surface area contributed by atoms with Gasteiger partial charge in [0.25, 0.3) is 5.91 Å². The van der Waals surface area contributed by atoms with Gasteiger partial charge in [-0.1, -0.05) is 17.3 Å². The third kappa shape index (κ3) is 2.24. The van der Waals surface area contributed by atoms with Gasteiger partial charge in [-0.15, -0.1) is 11.8 Å². The molecular weight excluding hydrogens is 274 g/mol. The van der Waals surface area contributed by atoms with Crippen molar-refractivity contribution in [2.24, 2.45) is 16.8 Å². The first-order valence-electron chi connectivity index (χ1n) is 6.71. The minimum atomic E-state index is -0.0459. The number of nitrogens with zero attached hydrogens (tertiary/aromatic N) is 2. The lowest BCUT2D eigenvalue weighted by Gasteiger charge is -2.38. The molecule has 2 heterocycles. The summed E-state index contributed by atoms with van der Waals surface area (Å²) >= 11 is 1.74. The highest BCUT2D eigenvalue weighted by Gasteiger charge is 2.36. The van der Waals surface area contributed by atoms with Crippen LogP contribution in [0.1, 0.15) is 23.2 Å². The molecule has 0 spiro atoms. The van der Waals surface area contributed by atoms with Crippen molar-refractivity contribution < 1.29 is 10.0 Å². The molecule has 0 radical (unpaired) electrons. The van der Waals surface area contributed by atoms with Gasteiger partial charge in [-0.3, -0.25) is 4.79 Å². The van der Waals surface area contributed by atoms with E-state index in [0.717, 1.165) is 29.1 Å². The quantitative estimate of drug-likeness (QED) is 0.358. The normalized spacial score (nSPS) is 26.7. The van der Waals surface area contributed by atoms with Gasteiger partial charge in [0.2, 0.25) is 0 Å². The van der Waals surface area contributed by atoms with E-state index < -0.39 is 0 Å². The smallest absolute Gasteiger partial charge is 0.255 e. The second kappa shape index (κ2) is 5.36. The molecule has 2 aliphatic heterocycles. The zero-order valence-electron chi connectivity index (χ0n) is 11.0. The van der Waals surface area contributed by atoms with E-state index in [9.17, 15) is 4.79 Å². The van der Waals surface area contributed by atoms with E-state index in [4.69, 9.17) is 10.9 Å². The highest BCUT2D eigenvalue weighted by Crippen LogP contribution is 2.34. The number of piperidine rings is 1. The Bertz CT molecular complexity index is 561. The molecule has 0 aliphatic carbocycles. The van der Waals surface area contributed by atoms with Crippen molar-refractivity contribution in [3.63, 3.8) is 0 Å². The summed E-state index contributed by atoms with van der Waals surface area (Å²) in [4.78, 5) is 15.6. The molecule has 1 aromatic rings. The van der Waals surface area contributed by atoms with Gasteiger partial charge in [0.1, 0.15) is 5.84 Å². The van der Waals surface area contributed by atoms with E-state index in [1.54, 1.807) is 11.8 Å². The summed E-state index contributed by atoms with van der Waals surface area (Å²) in [5.41, 5.74) is 6.47. The lowest BCUT2D eigenvalue weighted by Crippen LogP contribution is -2.50. The van der Waals surface area contributed by atoms with Crippen molar-refractivity contribution in [1.29, 1.82) is 0 Å². The maximum atomic E-state index is 12.7. The third-order valence-electron chi connectivity index (χ3n) is 4.05. The van der Waals surface area contributed by atoms with E-state index in [-0.39, 0.29) is 23.7 Å². The molecule has 1 saturated heterocycles. The summed E-state index contributed by atoms with van der Waals surface area (Å²) in [5.74, 6) is 1.15. The Balaban J connectivity index is 1.90. The van der Waals surface area contributed by atoms with Crippen molar-refractivity contribution >= 4 is 23.5 Å². The fourth-order valence-corrected chi connectivity index (χ4v) is 4.09. The molecule has 1 aromatic carbocycles. The summed E-state index contributed by atoms with van der Waals surface area (Å²) < 4.78 is 0. The number of amidine groups is 1. The molecule has 2 atom stereocenters. The molecule has 3 N–H and O–H groups in total. The van der Waals surface area contributed by atoms with Gasteiger partial charge in [0.05, 0.1) is 5.56 Å². The number of benzene rings is 1. The van der Waals surface area contributed by atoms with E-state index >= 15 is 0 Å². The van der Waals surface area contributed by atoms with E-state index in [1.165, 1.54) is 0 Å². The average molecular weight is 291 g/mol. The van der Waals surface area contributed by atoms with Crippen LogP contribution < -0.4 is 5.73 Å². The van der Waals surface area contributed by atoms with Crippen LogP contribution in [-0.2, 0) is 0 Å². The van der Waals surface area contributed by atoms with E-state index in [2.05, 4.69) is 5.16 Å². The molecule has 1 amide bonds. The van der Waals surface area contributed by atoms with Crippen LogP contribution in [0.4, 0.5) is 0 Å². The van der Waals surface area contributed by atoms with Crippen molar-refractivity contribution in [3.8, 4) is 0 Å². The molecule has 2 aliphatic rings. The van der Waals surface area contributed by atoms with Gasteiger partial charge in [0, 0.05) is 29.2 Å². The van der Waals surface area contributed by atoms with Crippen LogP contribution in [0.5, 0.6) is 0 Å². The van der Waals surface area contributed by atoms with Crippen LogP contribution in [0.25, 0.3) is 0 Å². The molecule has 1 fully saturated rings. The molecule has 3 rings (SSSR count). The lowest BCUT2D eigenvalue weighted by atomic mass is 9.92. The number of amides is 1. The van der Waals surface area contributed by atoms with Crippen molar-refractivity contribution in [2.45, 2.75) is 23.8 Å². The molecule has 0 unspecified atom stereocenters. The minimum absolute atomic E-state index is 0.0459. The molecule has 6 heteroatoms. The van der Waals surface area contributed by atoms with Gasteiger partial charge >= 0.3 is 0 Å². The molecule has 20 heavy (non-hydrogen) atoms. The number of carbonyl (C=O) groups is 1. The number of nitrogens with two attached hydrogens (primary N) is 1. The summed E-state index contributed by atoms with van der Waals surface area (Å²) in [6.07, 6.45) is 1.76. The van der Waals surface area contributed by atoms with Gasteiger partial charge in [0.15, 0.2) is 0 Å². The highest BCUT2D eigenvalue weighted by molar-refractivity contribution is 7.99. The summed E-state index contributed by atoms with van der Waals surface area (Å²) in [6.45, 7) is 0.536. The molecule has 5 nitrogen and oxygen atoms in total. The predicted molar refractivity (Wildman–Crippen MR) is 78.1 cm³/mol. The van der Waals surface area contributed by atoms with Gasteiger partial charge < -0.3 is 15.8 Å². The standard InChI is InChI=1S/C14H17N3O2S/c15-13(16-19)9-5-6-10-8-20-12-4-2-1-3-11(12)14(18)17(10)7-9/h1-4,9-10,19H,5-8H2,(H2,15,16)/t9-,10-/m0/s1. The highest BCUT2D eigenvalue weighted by atomic mass is 32.2. The maximum absolute atomic E-state index is 12.7. The molecular formula is C14H17N3O2S. The number of oxime groups is 1. The Morgan fingerprint density at radius 2 is 2.20 bits per heavy atom. The molecule has 106 valence electrons. The summed E-state index contributed by atoms with van der Waals surface area (Å²) in [6, 6.07) is 7.96. The number of hydrogen-bond donors (Lipinski definition) is 2. The largest absolute Gasteiger partial charge is 0.409 e. The number of thioether (sulfide) groups is 1. The first-order valence-corrected chi connectivity index (χ1v) is 7.69. The van der Waals surface area contributed by atoms with Crippen molar-refractivity contribution in [1.82, 2.24) is 4.90 Å². The molecule has 0 saturated carbocycles. The Hall–Kier alpha value is -1.69. The van der Waals surface area contributed by atoms with Crippen LogP contribution in [-0.4, -0.2) is 40.2 Å². The Kier molecular flexibility index (Phi) is 3.56. The fourth-order valence-electron chi connectivity index (χ4n) is 2.88. The van der Waals surface area contributed by atoms with Crippen molar-refractivity contribution in [3.05, 3.63) is 29.8 Å². The van der Waals surface area contributed by atoms with Crippen LogP contribution in [0.15, 0.2) is 34.3 Å². The Morgan fingerprint density at radius 3 is 3.00 bits per heavy atom. The van der Waals surface area contributed by atoms with Crippen molar-refractivity contribution in [2.75, 3.05) is 12.3 Å². The number of hydrogen-bond acceptors (Lipinski definition) is 4. The number of carbonyl (C=O) groups excluding carboxylic acids is 1. The van der Waals surface area contributed by atoms with E-state index in [1.807, 2.05) is 29.2 Å². The monoisotopic (exact) mass is 291 g/mol. The lowest BCUT2D eigenvalue weighted by molar-refractivity contribution is 0.0608. The predicted octanol–water partition coefficient (Wildman–Crippen LogP) is 1.76. The van der Waals surface area contributed by atoms with E-state index in [0.29, 0.717) is 6.54 Å². The average Bonchev–Trinajstić information content (AvgIpc) is 2.64. The third-order valence-corrected chi connectivity index (χ3v) is 5.27. The summed E-state index contributed by atoms with van der Waals surface area (Å²) in [5, 5.41) is 11.9. The number of rotatable bonds is 1.